The first kappa shape index (κ1) is 15.3. The molecule has 1 aromatic rings. The zero-order chi connectivity index (χ0) is 13.4. The van der Waals surface area contributed by atoms with Crippen LogP contribution in [0.15, 0.2) is 18.2 Å². The van der Waals surface area contributed by atoms with Crippen LogP contribution in [0.4, 0.5) is 0 Å². The van der Waals surface area contributed by atoms with Crippen molar-refractivity contribution >= 4 is 11.6 Å². The van der Waals surface area contributed by atoms with Crippen LogP contribution >= 0.6 is 11.6 Å². The normalized spacial score (nSPS) is 10.9. The number of nitrogens with zero attached hydrogens (tertiary/aromatic N) is 1. The van der Waals surface area contributed by atoms with Gasteiger partial charge in [0.25, 0.3) is 0 Å². The summed E-state index contributed by atoms with van der Waals surface area (Å²) in [6.07, 6.45) is 2.24. The summed E-state index contributed by atoms with van der Waals surface area (Å²) in [7, 11) is 0. The van der Waals surface area contributed by atoms with E-state index in [1.54, 1.807) is 0 Å². The number of hydrogen-bond acceptors (Lipinski definition) is 2. The molecule has 0 aliphatic carbocycles. The molecule has 0 bridgehead atoms. The summed E-state index contributed by atoms with van der Waals surface area (Å²) in [6.45, 7) is 10.6. The van der Waals surface area contributed by atoms with Crippen molar-refractivity contribution in [1.29, 1.82) is 0 Å². The Kier molecular flexibility index (Phi) is 7.14. The van der Waals surface area contributed by atoms with E-state index in [-0.39, 0.29) is 0 Å². The average molecular weight is 270 g/mol. The Labute approximate surface area is 116 Å². The van der Waals surface area contributed by atoms with Crippen LogP contribution in [0.3, 0.4) is 0 Å². The molecule has 0 radical (unpaired) electrons. The van der Waals surface area contributed by atoms with E-state index in [1.807, 2.05) is 25.1 Å². The summed E-state index contributed by atoms with van der Waals surface area (Å²) >= 11 is 6.07. The van der Waals surface area contributed by atoms with Crippen LogP contribution in [0.1, 0.15) is 32.3 Å². The number of unbranched alkanes of at least 4 members (excludes halogenated alkanes) is 1. The molecular formula is C15H24ClNO. The first-order chi connectivity index (χ1) is 8.67. The van der Waals surface area contributed by atoms with Crippen LogP contribution in [0.25, 0.3) is 0 Å². The Morgan fingerprint density at radius 3 is 2.56 bits per heavy atom. The first-order valence-electron chi connectivity index (χ1n) is 6.78. The molecule has 0 atom stereocenters. The quantitative estimate of drug-likeness (QED) is 0.658. The molecule has 0 aliphatic heterocycles. The van der Waals surface area contributed by atoms with Crippen molar-refractivity contribution in [2.24, 2.45) is 0 Å². The Morgan fingerprint density at radius 2 is 1.89 bits per heavy atom. The fourth-order valence-electron chi connectivity index (χ4n) is 1.88. The highest BCUT2D eigenvalue weighted by molar-refractivity contribution is 6.32. The molecule has 0 fully saturated rings. The molecule has 0 aliphatic rings. The van der Waals surface area contributed by atoms with E-state index < -0.39 is 0 Å². The molecule has 0 unspecified atom stereocenters. The Hall–Kier alpha value is -0.730. The monoisotopic (exact) mass is 269 g/mol. The highest BCUT2D eigenvalue weighted by Crippen LogP contribution is 2.25. The van der Waals surface area contributed by atoms with Crippen LogP contribution in [0.5, 0.6) is 5.75 Å². The number of benzene rings is 1. The number of hydrogen-bond donors (Lipinski definition) is 0. The third-order valence-electron chi connectivity index (χ3n) is 3.11. The van der Waals surface area contributed by atoms with E-state index in [9.17, 15) is 0 Å². The van der Waals surface area contributed by atoms with Crippen molar-refractivity contribution in [3.63, 3.8) is 0 Å². The van der Waals surface area contributed by atoms with Crippen molar-refractivity contribution in [1.82, 2.24) is 4.90 Å². The van der Waals surface area contributed by atoms with Crippen LogP contribution in [0.2, 0.25) is 5.02 Å². The highest BCUT2D eigenvalue weighted by atomic mass is 35.5. The lowest BCUT2D eigenvalue weighted by molar-refractivity contribution is 0.266. The molecule has 0 heterocycles. The maximum Gasteiger partial charge on any atom is 0.138 e. The van der Waals surface area contributed by atoms with Crippen molar-refractivity contribution in [3.05, 3.63) is 28.8 Å². The van der Waals surface area contributed by atoms with E-state index in [0.717, 1.165) is 38.4 Å². The summed E-state index contributed by atoms with van der Waals surface area (Å²) in [5, 5.41) is 0.698. The topological polar surface area (TPSA) is 12.5 Å². The van der Waals surface area contributed by atoms with Crippen LogP contribution in [-0.4, -0.2) is 31.1 Å². The number of aryl methyl sites for hydroxylation is 1. The van der Waals surface area contributed by atoms with E-state index >= 15 is 0 Å². The largest absolute Gasteiger partial charge is 0.492 e. The van der Waals surface area contributed by atoms with Crippen LogP contribution in [0, 0.1) is 6.92 Å². The smallest absolute Gasteiger partial charge is 0.138 e. The molecule has 3 heteroatoms. The van der Waals surface area contributed by atoms with Crippen molar-refractivity contribution in [2.45, 2.75) is 33.6 Å². The van der Waals surface area contributed by atoms with Gasteiger partial charge in [-0.05, 0) is 57.1 Å². The molecule has 1 rings (SSSR count). The zero-order valence-electron chi connectivity index (χ0n) is 11.7. The maximum atomic E-state index is 6.07. The van der Waals surface area contributed by atoms with Gasteiger partial charge in [0, 0.05) is 0 Å². The molecule has 102 valence electrons. The third kappa shape index (κ3) is 5.28. The summed E-state index contributed by atoms with van der Waals surface area (Å²) in [6, 6.07) is 5.88. The van der Waals surface area contributed by atoms with E-state index in [2.05, 4.69) is 18.7 Å². The Balaban J connectivity index is 2.23. The van der Waals surface area contributed by atoms with Gasteiger partial charge in [0.1, 0.15) is 5.75 Å². The van der Waals surface area contributed by atoms with Gasteiger partial charge in [0.15, 0.2) is 0 Å². The van der Waals surface area contributed by atoms with Crippen LogP contribution < -0.4 is 4.74 Å². The van der Waals surface area contributed by atoms with Gasteiger partial charge >= 0.3 is 0 Å². The fourth-order valence-corrected chi connectivity index (χ4v) is 2.05. The summed E-state index contributed by atoms with van der Waals surface area (Å²) in [4.78, 5) is 2.43. The lowest BCUT2D eigenvalue weighted by atomic mass is 10.2. The van der Waals surface area contributed by atoms with Gasteiger partial charge < -0.3 is 9.64 Å². The lowest BCUT2D eigenvalue weighted by Gasteiger charge is -2.17. The summed E-state index contributed by atoms with van der Waals surface area (Å²) in [5.74, 6) is 0.805. The van der Waals surface area contributed by atoms with Crippen molar-refractivity contribution < 1.29 is 4.74 Å². The number of ether oxygens (including phenoxy) is 1. The van der Waals surface area contributed by atoms with Crippen LogP contribution in [-0.2, 0) is 0 Å². The zero-order valence-corrected chi connectivity index (χ0v) is 12.5. The molecule has 0 amide bonds. The highest BCUT2D eigenvalue weighted by Gasteiger charge is 2.02. The second kappa shape index (κ2) is 8.39. The Morgan fingerprint density at radius 1 is 1.17 bits per heavy atom. The fraction of sp³-hybridized carbons (Fsp3) is 0.600. The Bertz CT molecular complexity index is 350. The molecule has 0 aromatic heterocycles. The van der Waals surface area contributed by atoms with E-state index in [1.165, 1.54) is 12.0 Å². The molecule has 0 spiro atoms. The molecule has 0 N–H and O–H groups in total. The predicted molar refractivity (Wildman–Crippen MR) is 78.7 cm³/mol. The minimum absolute atomic E-state index is 0.698. The minimum atomic E-state index is 0.698. The van der Waals surface area contributed by atoms with Gasteiger partial charge in [-0.15, -0.1) is 0 Å². The average Bonchev–Trinajstić information content (AvgIpc) is 2.38. The lowest BCUT2D eigenvalue weighted by Crippen LogP contribution is -2.24. The van der Waals surface area contributed by atoms with Gasteiger partial charge in [-0.1, -0.05) is 31.5 Å². The standard InChI is InChI=1S/C15H24ClNO/c1-4-17(5-2)10-6-7-11-18-15-12-13(3)8-9-14(15)16/h8-9,12H,4-7,10-11H2,1-3H3. The molecule has 0 saturated heterocycles. The van der Waals surface area contributed by atoms with Crippen molar-refractivity contribution in [3.8, 4) is 5.75 Å². The second-order valence-electron chi connectivity index (χ2n) is 4.52. The van der Waals surface area contributed by atoms with Gasteiger partial charge in [0.05, 0.1) is 11.6 Å². The predicted octanol–water partition coefficient (Wildman–Crippen LogP) is 4.15. The SMILES string of the molecule is CCN(CC)CCCCOc1cc(C)ccc1Cl. The summed E-state index contributed by atoms with van der Waals surface area (Å²) < 4.78 is 5.72. The summed E-state index contributed by atoms with van der Waals surface area (Å²) in [5.41, 5.74) is 1.18. The maximum absolute atomic E-state index is 6.07. The van der Waals surface area contributed by atoms with Crippen molar-refractivity contribution in [2.75, 3.05) is 26.2 Å². The molecule has 18 heavy (non-hydrogen) atoms. The first-order valence-corrected chi connectivity index (χ1v) is 7.16. The minimum Gasteiger partial charge on any atom is -0.492 e. The third-order valence-corrected chi connectivity index (χ3v) is 3.42. The molecule has 0 saturated carbocycles. The van der Waals surface area contributed by atoms with Gasteiger partial charge in [-0.3, -0.25) is 0 Å². The number of halogens is 1. The number of rotatable bonds is 8. The molecule has 2 nitrogen and oxygen atoms in total. The van der Waals surface area contributed by atoms with E-state index in [0.29, 0.717) is 5.02 Å². The molecule has 1 aromatic carbocycles. The van der Waals surface area contributed by atoms with Gasteiger partial charge in [0.2, 0.25) is 0 Å². The molecular weight excluding hydrogens is 246 g/mol. The second-order valence-corrected chi connectivity index (χ2v) is 4.92. The van der Waals surface area contributed by atoms with Gasteiger partial charge in [-0.2, -0.15) is 0 Å². The van der Waals surface area contributed by atoms with Gasteiger partial charge in [-0.25, -0.2) is 0 Å². The van der Waals surface area contributed by atoms with E-state index in [4.69, 9.17) is 16.3 Å².